The molecule has 1 heterocycles. The Morgan fingerprint density at radius 2 is 2.29 bits per heavy atom. The van der Waals surface area contributed by atoms with E-state index in [4.69, 9.17) is 9.47 Å². The lowest BCUT2D eigenvalue weighted by Gasteiger charge is -2.25. The van der Waals surface area contributed by atoms with Crippen molar-refractivity contribution >= 4 is 18.3 Å². The monoisotopic (exact) mass is 314 g/mol. The molecule has 1 amide bonds. The Morgan fingerprint density at radius 3 is 2.95 bits per heavy atom. The van der Waals surface area contributed by atoms with E-state index in [1.807, 2.05) is 32.2 Å². The lowest BCUT2D eigenvalue weighted by Crippen LogP contribution is -2.42. The van der Waals surface area contributed by atoms with E-state index in [1.54, 1.807) is 7.11 Å². The summed E-state index contributed by atoms with van der Waals surface area (Å²) in [6.45, 7) is 3.08. The van der Waals surface area contributed by atoms with Gasteiger partial charge in [-0.2, -0.15) is 0 Å². The van der Waals surface area contributed by atoms with Crippen molar-refractivity contribution in [3.8, 4) is 11.5 Å². The van der Waals surface area contributed by atoms with Gasteiger partial charge in [-0.1, -0.05) is 0 Å². The number of fused-ring (bicyclic) bond motifs is 1. The van der Waals surface area contributed by atoms with Gasteiger partial charge in [0.15, 0.2) is 0 Å². The highest BCUT2D eigenvalue weighted by molar-refractivity contribution is 5.85. The molecule has 0 aliphatic carbocycles. The van der Waals surface area contributed by atoms with Crippen LogP contribution in [0.4, 0.5) is 0 Å². The molecule has 2 atom stereocenters. The number of halogens is 1. The molecular formula is C15H23ClN2O3. The Labute approximate surface area is 131 Å². The van der Waals surface area contributed by atoms with Crippen LogP contribution in [0.15, 0.2) is 18.2 Å². The van der Waals surface area contributed by atoms with E-state index in [-0.39, 0.29) is 30.3 Å². The quantitative estimate of drug-likeness (QED) is 0.862. The minimum absolute atomic E-state index is 0. The topological polar surface area (TPSA) is 59.6 Å². The fraction of sp³-hybridized carbons (Fsp3) is 0.533. The second kappa shape index (κ2) is 8.10. The van der Waals surface area contributed by atoms with Gasteiger partial charge in [-0.15, -0.1) is 12.4 Å². The van der Waals surface area contributed by atoms with Gasteiger partial charge in [-0.05, 0) is 44.2 Å². The van der Waals surface area contributed by atoms with Crippen LogP contribution in [0, 0.1) is 5.92 Å². The Balaban J connectivity index is 0.00000220. The van der Waals surface area contributed by atoms with Crippen molar-refractivity contribution in [1.29, 1.82) is 0 Å². The maximum absolute atomic E-state index is 12.1. The van der Waals surface area contributed by atoms with E-state index in [9.17, 15) is 4.79 Å². The zero-order valence-corrected chi connectivity index (χ0v) is 13.5. The van der Waals surface area contributed by atoms with Gasteiger partial charge in [0.25, 0.3) is 0 Å². The molecule has 1 aromatic rings. The molecule has 1 aliphatic heterocycles. The summed E-state index contributed by atoms with van der Waals surface area (Å²) in [5, 5.41) is 6.04. The van der Waals surface area contributed by atoms with Crippen molar-refractivity contribution < 1.29 is 14.3 Å². The van der Waals surface area contributed by atoms with Crippen LogP contribution in [-0.2, 0) is 11.2 Å². The van der Waals surface area contributed by atoms with Crippen molar-refractivity contribution in [3.05, 3.63) is 23.8 Å². The molecule has 5 nitrogen and oxygen atoms in total. The standard InChI is InChI=1S/C15H22N2O3.ClH/c1-10(16-2)8-17-15(18)12-6-11-7-13(19-3)4-5-14(11)20-9-12;/h4-5,7,10,12,16H,6,8-9H2,1-3H3,(H,17,18);1H. The van der Waals surface area contributed by atoms with Gasteiger partial charge in [0, 0.05) is 12.6 Å². The van der Waals surface area contributed by atoms with Crippen molar-refractivity contribution in [2.75, 3.05) is 27.3 Å². The third-order valence-electron chi connectivity index (χ3n) is 3.62. The first-order chi connectivity index (χ1) is 9.63. The van der Waals surface area contributed by atoms with Crippen molar-refractivity contribution in [2.45, 2.75) is 19.4 Å². The molecule has 0 bridgehead atoms. The predicted octanol–water partition coefficient (Wildman–Crippen LogP) is 1.39. The summed E-state index contributed by atoms with van der Waals surface area (Å²) >= 11 is 0. The van der Waals surface area contributed by atoms with E-state index < -0.39 is 0 Å². The molecule has 1 aliphatic rings. The lowest BCUT2D eigenvalue weighted by atomic mass is 9.95. The van der Waals surface area contributed by atoms with Crippen molar-refractivity contribution in [3.63, 3.8) is 0 Å². The molecule has 0 saturated heterocycles. The number of carbonyl (C=O) groups is 1. The van der Waals surface area contributed by atoms with E-state index in [0.29, 0.717) is 19.6 Å². The first-order valence-electron chi connectivity index (χ1n) is 6.88. The molecule has 0 aromatic heterocycles. The zero-order chi connectivity index (χ0) is 14.5. The van der Waals surface area contributed by atoms with Crippen LogP contribution < -0.4 is 20.1 Å². The van der Waals surface area contributed by atoms with Crippen LogP contribution >= 0.6 is 12.4 Å². The van der Waals surface area contributed by atoms with E-state index in [0.717, 1.165) is 17.1 Å². The van der Waals surface area contributed by atoms with Crippen LogP contribution in [0.5, 0.6) is 11.5 Å². The molecule has 0 spiro atoms. The maximum atomic E-state index is 12.1. The highest BCUT2D eigenvalue weighted by Gasteiger charge is 2.26. The average molecular weight is 315 g/mol. The molecule has 1 aromatic carbocycles. The first-order valence-corrected chi connectivity index (χ1v) is 6.88. The smallest absolute Gasteiger partial charge is 0.226 e. The van der Waals surface area contributed by atoms with Gasteiger partial charge < -0.3 is 20.1 Å². The highest BCUT2D eigenvalue weighted by atomic mass is 35.5. The third kappa shape index (κ3) is 4.51. The predicted molar refractivity (Wildman–Crippen MR) is 84.5 cm³/mol. The fourth-order valence-electron chi connectivity index (χ4n) is 2.17. The fourth-order valence-corrected chi connectivity index (χ4v) is 2.17. The van der Waals surface area contributed by atoms with Crippen LogP contribution in [0.25, 0.3) is 0 Å². The number of likely N-dealkylation sites (N-methyl/N-ethyl adjacent to an activating group) is 1. The highest BCUT2D eigenvalue weighted by Crippen LogP contribution is 2.30. The Bertz CT molecular complexity index is 482. The minimum Gasteiger partial charge on any atom is -0.497 e. The second-order valence-corrected chi connectivity index (χ2v) is 5.12. The van der Waals surface area contributed by atoms with Crippen LogP contribution in [0.2, 0.25) is 0 Å². The van der Waals surface area contributed by atoms with E-state index in [1.165, 1.54) is 0 Å². The number of hydrogen-bond acceptors (Lipinski definition) is 4. The van der Waals surface area contributed by atoms with Gasteiger partial charge in [-0.25, -0.2) is 0 Å². The van der Waals surface area contributed by atoms with Gasteiger partial charge >= 0.3 is 0 Å². The SMILES string of the molecule is CNC(C)CNC(=O)C1COc2ccc(OC)cc2C1.Cl. The lowest BCUT2D eigenvalue weighted by molar-refractivity contribution is -0.126. The van der Waals surface area contributed by atoms with Crippen molar-refractivity contribution in [2.24, 2.45) is 5.92 Å². The van der Waals surface area contributed by atoms with Crippen LogP contribution in [0.1, 0.15) is 12.5 Å². The summed E-state index contributed by atoms with van der Waals surface area (Å²) < 4.78 is 10.9. The van der Waals surface area contributed by atoms with Crippen molar-refractivity contribution in [1.82, 2.24) is 10.6 Å². The number of amides is 1. The van der Waals surface area contributed by atoms with Gasteiger partial charge in [0.2, 0.25) is 5.91 Å². The van der Waals surface area contributed by atoms with Gasteiger partial charge in [-0.3, -0.25) is 4.79 Å². The number of carbonyl (C=O) groups excluding carboxylic acids is 1. The number of hydrogen-bond donors (Lipinski definition) is 2. The summed E-state index contributed by atoms with van der Waals surface area (Å²) in [4.78, 5) is 12.1. The minimum atomic E-state index is -0.140. The second-order valence-electron chi connectivity index (χ2n) is 5.12. The number of methoxy groups -OCH3 is 1. The normalized spacial score (nSPS) is 17.8. The van der Waals surface area contributed by atoms with Gasteiger partial charge in [0.1, 0.15) is 18.1 Å². The van der Waals surface area contributed by atoms with Crippen LogP contribution in [-0.4, -0.2) is 39.3 Å². The molecule has 0 fully saturated rings. The molecule has 118 valence electrons. The molecule has 2 rings (SSSR count). The summed E-state index contributed by atoms with van der Waals surface area (Å²) in [5.41, 5.74) is 1.03. The van der Waals surface area contributed by atoms with Crippen LogP contribution in [0.3, 0.4) is 0 Å². The molecule has 21 heavy (non-hydrogen) atoms. The summed E-state index contributed by atoms with van der Waals surface area (Å²) in [6, 6.07) is 5.96. The summed E-state index contributed by atoms with van der Waals surface area (Å²) in [7, 11) is 3.51. The number of ether oxygens (including phenoxy) is 2. The third-order valence-corrected chi connectivity index (χ3v) is 3.62. The summed E-state index contributed by atoms with van der Waals surface area (Å²) in [5.74, 6) is 1.54. The number of nitrogens with one attached hydrogen (secondary N) is 2. The van der Waals surface area contributed by atoms with E-state index >= 15 is 0 Å². The Hall–Kier alpha value is -1.46. The largest absolute Gasteiger partial charge is 0.497 e. The first kappa shape index (κ1) is 17.6. The summed E-state index contributed by atoms with van der Waals surface area (Å²) in [6.07, 6.45) is 0.687. The molecule has 2 unspecified atom stereocenters. The maximum Gasteiger partial charge on any atom is 0.226 e. The molecule has 0 radical (unpaired) electrons. The molecule has 2 N–H and O–H groups in total. The van der Waals surface area contributed by atoms with E-state index in [2.05, 4.69) is 10.6 Å². The Kier molecular flexibility index (Phi) is 6.78. The molecule has 0 saturated carbocycles. The molecular weight excluding hydrogens is 292 g/mol. The van der Waals surface area contributed by atoms with Gasteiger partial charge in [0.05, 0.1) is 13.0 Å². The average Bonchev–Trinajstić information content (AvgIpc) is 2.50. The Morgan fingerprint density at radius 1 is 1.52 bits per heavy atom. The molecule has 6 heteroatoms. The zero-order valence-electron chi connectivity index (χ0n) is 12.6. The number of rotatable bonds is 5. The number of benzene rings is 1.